The number of hydrogen-bond donors (Lipinski definition) is 0. The number of fused-ring (bicyclic) bond motifs is 3. The van der Waals surface area contributed by atoms with Crippen LogP contribution < -0.4 is 0 Å². The lowest BCUT2D eigenvalue weighted by atomic mass is 9.94. The average molecular weight is 722 g/mol. The maximum absolute atomic E-state index is 5.20. The van der Waals surface area contributed by atoms with Crippen molar-refractivity contribution in [2.45, 2.75) is 12.8 Å². The van der Waals surface area contributed by atoms with Crippen LogP contribution in [0.3, 0.4) is 0 Å². The Morgan fingerprint density at radius 2 is 0.927 bits per heavy atom. The van der Waals surface area contributed by atoms with E-state index in [1.165, 1.54) is 59.1 Å². The molecule has 0 radical (unpaired) electrons. The summed E-state index contributed by atoms with van der Waals surface area (Å²) in [4.78, 5) is 15.4. The highest BCUT2D eigenvalue weighted by Crippen LogP contribution is 2.42. The maximum Gasteiger partial charge on any atom is 0.164 e. The summed E-state index contributed by atoms with van der Waals surface area (Å²) in [7, 11) is 0. The van der Waals surface area contributed by atoms with Gasteiger partial charge in [-0.3, -0.25) is 0 Å². The van der Waals surface area contributed by atoms with Gasteiger partial charge in [0.25, 0.3) is 0 Å². The van der Waals surface area contributed by atoms with Gasteiger partial charge >= 0.3 is 0 Å². The summed E-state index contributed by atoms with van der Waals surface area (Å²) in [5.74, 6) is 1.97. The standard InChI is InChI=1S/C51H35N3S/c1-4-12-34(13-5-1)36-22-24-38(25-23-36)43-30-31-46-45(33-43)48-44(20-11-21-47(48)55-46)51-53-49(39-16-8-3-9-17-39)52-50(54-51)40-28-26-37(27-29-40)42-19-10-18-41(32-42)35-14-6-2-7-15-35/h1-6,8-14,16-33H,7,15H2. The molecule has 0 bridgehead atoms. The number of aromatic nitrogens is 3. The monoisotopic (exact) mass is 721 g/mol. The first kappa shape index (κ1) is 32.9. The SMILES string of the molecule is C1=CCCC(c2cccc(-c3ccc(-c4nc(-c5ccccc5)nc(-c5cccc6sc7ccc(-c8ccc(-c9ccccc9)cc8)cc7c56)n4)cc3)c2)=C1. The van der Waals surface area contributed by atoms with Crippen LogP contribution >= 0.6 is 11.3 Å². The Morgan fingerprint density at radius 3 is 1.62 bits per heavy atom. The fraction of sp³-hybridized carbons (Fsp3) is 0.0392. The van der Waals surface area contributed by atoms with Crippen molar-refractivity contribution in [2.24, 2.45) is 0 Å². The number of hydrogen-bond acceptors (Lipinski definition) is 4. The molecule has 0 amide bonds. The predicted molar refractivity (Wildman–Crippen MR) is 232 cm³/mol. The van der Waals surface area contributed by atoms with Gasteiger partial charge in [-0.05, 0) is 81.6 Å². The fourth-order valence-electron chi connectivity index (χ4n) is 7.57. The summed E-state index contributed by atoms with van der Waals surface area (Å²) >= 11 is 1.81. The predicted octanol–water partition coefficient (Wildman–Crippen LogP) is 14.0. The van der Waals surface area contributed by atoms with Crippen LogP contribution in [0.4, 0.5) is 0 Å². The highest BCUT2D eigenvalue weighted by Gasteiger charge is 2.18. The molecule has 1 aliphatic rings. The van der Waals surface area contributed by atoms with Crippen molar-refractivity contribution in [2.75, 3.05) is 0 Å². The summed E-state index contributed by atoms with van der Waals surface area (Å²) in [6, 6.07) is 60.3. The Labute approximate surface area is 324 Å². The maximum atomic E-state index is 5.20. The van der Waals surface area contributed by atoms with Gasteiger partial charge < -0.3 is 0 Å². The molecule has 0 aliphatic heterocycles. The van der Waals surface area contributed by atoms with Gasteiger partial charge in [0.15, 0.2) is 17.5 Å². The van der Waals surface area contributed by atoms with E-state index in [1.54, 1.807) is 11.3 Å². The fourth-order valence-corrected chi connectivity index (χ4v) is 8.69. The number of rotatable bonds is 7. The van der Waals surface area contributed by atoms with Crippen LogP contribution in [0, 0.1) is 0 Å². The first-order valence-electron chi connectivity index (χ1n) is 18.7. The summed E-state index contributed by atoms with van der Waals surface area (Å²) in [5.41, 5.74) is 12.7. The zero-order valence-corrected chi connectivity index (χ0v) is 30.9. The lowest BCUT2D eigenvalue weighted by molar-refractivity contribution is 1.05. The van der Waals surface area contributed by atoms with E-state index in [9.17, 15) is 0 Å². The van der Waals surface area contributed by atoms with Crippen molar-refractivity contribution in [1.29, 1.82) is 0 Å². The molecule has 55 heavy (non-hydrogen) atoms. The van der Waals surface area contributed by atoms with Crippen LogP contribution in [0.2, 0.25) is 0 Å². The summed E-state index contributed by atoms with van der Waals surface area (Å²) in [6.07, 6.45) is 8.79. The number of allylic oxidation sites excluding steroid dienone is 4. The van der Waals surface area contributed by atoms with Crippen LogP contribution in [0.1, 0.15) is 18.4 Å². The smallest absolute Gasteiger partial charge is 0.164 e. The topological polar surface area (TPSA) is 38.7 Å². The summed E-state index contributed by atoms with van der Waals surface area (Å²) in [5, 5.41) is 2.37. The zero-order chi connectivity index (χ0) is 36.6. The largest absolute Gasteiger partial charge is 0.208 e. The van der Waals surface area contributed by atoms with Crippen LogP contribution in [0.25, 0.3) is 93.3 Å². The second-order valence-corrected chi connectivity index (χ2v) is 15.0. The van der Waals surface area contributed by atoms with Gasteiger partial charge in [0.05, 0.1) is 0 Å². The lowest BCUT2D eigenvalue weighted by Gasteiger charge is -2.12. The summed E-state index contributed by atoms with van der Waals surface area (Å²) < 4.78 is 2.44. The van der Waals surface area contributed by atoms with Gasteiger partial charge in [0.1, 0.15) is 0 Å². The van der Waals surface area contributed by atoms with E-state index in [1.807, 2.05) is 18.2 Å². The Morgan fingerprint density at radius 1 is 0.400 bits per heavy atom. The number of thiophene rings is 1. The van der Waals surface area contributed by atoms with E-state index < -0.39 is 0 Å². The molecule has 260 valence electrons. The first-order chi connectivity index (χ1) is 27.2. The van der Waals surface area contributed by atoms with Crippen LogP contribution in [-0.2, 0) is 0 Å². The molecular weight excluding hydrogens is 687 g/mol. The Kier molecular flexibility index (Phi) is 8.51. The molecular formula is C51H35N3S. The molecule has 0 unspecified atom stereocenters. The third-order valence-corrected chi connectivity index (χ3v) is 11.6. The molecule has 0 spiro atoms. The molecule has 9 aromatic rings. The van der Waals surface area contributed by atoms with Crippen molar-refractivity contribution in [3.63, 3.8) is 0 Å². The van der Waals surface area contributed by atoms with E-state index in [4.69, 9.17) is 15.0 Å². The van der Waals surface area contributed by atoms with Crippen LogP contribution in [0.15, 0.2) is 188 Å². The van der Waals surface area contributed by atoms with Crippen molar-refractivity contribution in [3.05, 3.63) is 194 Å². The molecule has 0 saturated heterocycles. The molecule has 0 atom stereocenters. The molecule has 7 aromatic carbocycles. The van der Waals surface area contributed by atoms with Gasteiger partial charge in [-0.2, -0.15) is 0 Å². The molecule has 0 fully saturated rings. The molecule has 0 saturated carbocycles. The molecule has 2 heterocycles. The minimum atomic E-state index is 0.652. The second kappa shape index (κ2) is 14.2. The van der Waals surface area contributed by atoms with E-state index >= 15 is 0 Å². The van der Waals surface area contributed by atoms with Crippen molar-refractivity contribution < 1.29 is 0 Å². The van der Waals surface area contributed by atoms with Crippen molar-refractivity contribution in [3.8, 4) is 67.5 Å². The molecule has 4 heteroatoms. The molecule has 0 N–H and O–H groups in total. The van der Waals surface area contributed by atoms with Crippen molar-refractivity contribution in [1.82, 2.24) is 15.0 Å². The van der Waals surface area contributed by atoms with E-state index in [0.29, 0.717) is 17.5 Å². The van der Waals surface area contributed by atoms with E-state index in [2.05, 4.69) is 170 Å². The third-order valence-electron chi connectivity index (χ3n) is 10.5. The molecule has 1 aliphatic carbocycles. The quantitative estimate of drug-likeness (QED) is 0.164. The van der Waals surface area contributed by atoms with Crippen LogP contribution in [0.5, 0.6) is 0 Å². The highest BCUT2D eigenvalue weighted by atomic mass is 32.1. The van der Waals surface area contributed by atoms with Gasteiger partial charge in [-0.1, -0.05) is 164 Å². The highest BCUT2D eigenvalue weighted by molar-refractivity contribution is 7.26. The second-order valence-electron chi connectivity index (χ2n) is 13.9. The zero-order valence-electron chi connectivity index (χ0n) is 30.1. The molecule has 2 aromatic heterocycles. The van der Waals surface area contributed by atoms with E-state index in [0.717, 1.165) is 35.1 Å². The normalized spacial score (nSPS) is 12.6. The Bertz CT molecular complexity index is 2890. The van der Waals surface area contributed by atoms with Crippen LogP contribution in [-0.4, -0.2) is 15.0 Å². The number of benzene rings is 7. The summed E-state index contributed by atoms with van der Waals surface area (Å²) in [6.45, 7) is 0. The minimum absolute atomic E-state index is 0.652. The Balaban J connectivity index is 1.06. The van der Waals surface area contributed by atoms with E-state index in [-0.39, 0.29) is 0 Å². The molecule has 3 nitrogen and oxygen atoms in total. The first-order valence-corrected chi connectivity index (χ1v) is 19.6. The number of nitrogens with zero attached hydrogens (tertiary/aromatic N) is 3. The minimum Gasteiger partial charge on any atom is -0.208 e. The van der Waals surface area contributed by atoms with Gasteiger partial charge in [-0.25, -0.2) is 15.0 Å². The van der Waals surface area contributed by atoms with Crippen molar-refractivity contribution >= 4 is 37.1 Å². The Hall–Kier alpha value is -6.75. The van der Waals surface area contributed by atoms with Gasteiger partial charge in [-0.15, -0.1) is 11.3 Å². The third kappa shape index (κ3) is 6.47. The average Bonchev–Trinajstić information content (AvgIpc) is 3.66. The molecule has 10 rings (SSSR count). The van der Waals surface area contributed by atoms with Gasteiger partial charge in [0, 0.05) is 36.9 Å². The van der Waals surface area contributed by atoms with Gasteiger partial charge in [0.2, 0.25) is 0 Å². The lowest BCUT2D eigenvalue weighted by Crippen LogP contribution is -2.00.